The Hall–Kier alpha value is -4.88. The van der Waals surface area contributed by atoms with Gasteiger partial charge in [-0.1, -0.05) is 66.2 Å². The number of hydrogen-bond donors (Lipinski definition) is 3. The van der Waals surface area contributed by atoms with Gasteiger partial charge in [0.05, 0.1) is 13.5 Å². The Labute approximate surface area is 237 Å². The molecule has 0 spiro atoms. The summed E-state index contributed by atoms with van der Waals surface area (Å²) in [5.41, 5.74) is 3.46. The van der Waals surface area contributed by atoms with E-state index in [0.29, 0.717) is 28.4 Å². The summed E-state index contributed by atoms with van der Waals surface area (Å²) >= 11 is 5.98. The summed E-state index contributed by atoms with van der Waals surface area (Å²) in [5.74, 6) is -0.269. The molecule has 40 heavy (non-hydrogen) atoms. The third-order valence-corrected chi connectivity index (χ3v) is 6.19. The Morgan fingerprint density at radius 1 is 0.800 bits per heavy atom. The molecule has 0 aromatic heterocycles. The topological polar surface area (TPSA) is 96.5 Å². The lowest BCUT2D eigenvalue weighted by Gasteiger charge is -2.12. The summed E-state index contributed by atoms with van der Waals surface area (Å²) in [6.45, 7) is 0.411. The largest absolute Gasteiger partial charge is 0.497 e. The normalized spacial score (nSPS) is 10.9. The second-order valence-electron chi connectivity index (χ2n) is 8.88. The number of hydrogen-bond acceptors (Lipinski definition) is 4. The van der Waals surface area contributed by atoms with Crippen LogP contribution < -0.4 is 20.7 Å². The van der Waals surface area contributed by atoms with Crippen LogP contribution >= 0.6 is 11.6 Å². The second kappa shape index (κ2) is 13.8. The zero-order valence-corrected chi connectivity index (χ0v) is 22.6. The van der Waals surface area contributed by atoms with Gasteiger partial charge in [0.25, 0.3) is 11.8 Å². The first kappa shape index (κ1) is 28.1. The molecule has 4 aromatic rings. The fourth-order valence-corrected chi connectivity index (χ4v) is 3.89. The summed E-state index contributed by atoms with van der Waals surface area (Å²) in [7, 11) is 1.61. The van der Waals surface area contributed by atoms with E-state index in [1.165, 1.54) is 0 Å². The molecule has 3 amide bonds. The molecule has 0 aliphatic rings. The van der Waals surface area contributed by atoms with Crippen LogP contribution in [0.15, 0.2) is 109 Å². The molecule has 0 saturated carbocycles. The van der Waals surface area contributed by atoms with Crippen molar-refractivity contribution >= 4 is 41.1 Å². The molecule has 4 aromatic carbocycles. The van der Waals surface area contributed by atoms with Crippen molar-refractivity contribution in [2.45, 2.75) is 13.0 Å². The molecular weight excluding hydrogens is 526 g/mol. The average molecular weight is 554 g/mol. The molecule has 0 aliphatic heterocycles. The van der Waals surface area contributed by atoms with Crippen molar-refractivity contribution in [2.75, 3.05) is 12.4 Å². The smallest absolute Gasteiger partial charge is 0.272 e. The van der Waals surface area contributed by atoms with Crippen molar-refractivity contribution in [3.63, 3.8) is 0 Å². The van der Waals surface area contributed by atoms with E-state index < -0.39 is 11.8 Å². The monoisotopic (exact) mass is 553 g/mol. The van der Waals surface area contributed by atoms with Crippen LogP contribution in [0, 0.1) is 0 Å². The molecule has 0 atom stereocenters. The molecule has 4 rings (SSSR count). The molecule has 7 nitrogen and oxygen atoms in total. The Kier molecular flexibility index (Phi) is 9.69. The maximum Gasteiger partial charge on any atom is 0.272 e. The number of amides is 3. The van der Waals surface area contributed by atoms with Crippen LogP contribution in [0.2, 0.25) is 5.02 Å². The lowest BCUT2D eigenvalue weighted by molar-refractivity contribution is -0.120. The quantitative estimate of drug-likeness (QED) is 0.222. The van der Waals surface area contributed by atoms with E-state index >= 15 is 0 Å². The highest BCUT2D eigenvalue weighted by molar-refractivity contribution is 6.30. The van der Waals surface area contributed by atoms with Crippen molar-refractivity contribution in [2.24, 2.45) is 0 Å². The van der Waals surface area contributed by atoms with Crippen LogP contribution in [0.25, 0.3) is 6.08 Å². The Morgan fingerprint density at radius 3 is 2.10 bits per heavy atom. The SMILES string of the molecule is COc1ccc(CNC(=O)Cc2ccc(NC(=O)/C(=C/c3ccc(Cl)cc3)NC(=O)c3ccccc3)cc2)cc1. The maximum atomic E-state index is 13.2. The highest BCUT2D eigenvalue weighted by Gasteiger charge is 2.15. The number of nitrogens with one attached hydrogen (secondary N) is 3. The third-order valence-electron chi connectivity index (χ3n) is 5.94. The molecule has 0 unspecified atom stereocenters. The summed E-state index contributed by atoms with van der Waals surface area (Å²) in [6.07, 6.45) is 1.77. The van der Waals surface area contributed by atoms with Crippen LogP contribution in [0.4, 0.5) is 5.69 Å². The molecular formula is C32H28ClN3O4. The van der Waals surface area contributed by atoms with E-state index in [-0.39, 0.29) is 18.0 Å². The van der Waals surface area contributed by atoms with Crippen molar-refractivity contribution < 1.29 is 19.1 Å². The number of benzene rings is 4. The first-order valence-electron chi connectivity index (χ1n) is 12.5. The van der Waals surface area contributed by atoms with Crippen molar-refractivity contribution in [1.82, 2.24) is 10.6 Å². The molecule has 0 heterocycles. The van der Waals surface area contributed by atoms with Gasteiger partial charge in [-0.2, -0.15) is 0 Å². The van der Waals surface area contributed by atoms with Gasteiger partial charge in [0.15, 0.2) is 0 Å². The predicted molar refractivity (Wildman–Crippen MR) is 157 cm³/mol. The van der Waals surface area contributed by atoms with Gasteiger partial charge in [-0.3, -0.25) is 14.4 Å². The van der Waals surface area contributed by atoms with Gasteiger partial charge >= 0.3 is 0 Å². The van der Waals surface area contributed by atoms with Gasteiger partial charge in [-0.15, -0.1) is 0 Å². The number of anilines is 1. The van der Waals surface area contributed by atoms with E-state index in [4.69, 9.17) is 16.3 Å². The number of methoxy groups -OCH3 is 1. The zero-order chi connectivity index (χ0) is 28.3. The number of rotatable bonds is 10. The first-order valence-corrected chi connectivity index (χ1v) is 12.9. The standard InChI is InChI=1S/C32H28ClN3O4/c1-40-28-17-11-24(12-18-28)21-34-30(37)20-23-9-15-27(16-10-23)35-32(39)29(19-22-7-13-26(33)14-8-22)36-31(38)25-5-3-2-4-6-25/h2-19H,20-21H2,1H3,(H,34,37)(H,35,39)(H,36,38)/b29-19-. The van der Waals surface area contributed by atoms with Gasteiger partial charge in [0.1, 0.15) is 11.4 Å². The number of carbonyl (C=O) groups excluding carboxylic acids is 3. The Morgan fingerprint density at radius 2 is 1.45 bits per heavy atom. The van der Waals surface area contributed by atoms with E-state index in [1.807, 2.05) is 30.3 Å². The molecule has 0 saturated heterocycles. The number of ether oxygens (including phenoxy) is 1. The molecule has 0 fully saturated rings. The Bertz CT molecular complexity index is 1480. The van der Waals surface area contributed by atoms with E-state index in [1.54, 1.807) is 86.0 Å². The van der Waals surface area contributed by atoms with E-state index in [0.717, 1.165) is 16.9 Å². The molecule has 8 heteroatoms. The second-order valence-corrected chi connectivity index (χ2v) is 9.32. The summed E-state index contributed by atoms with van der Waals surface area (Å²) < 4.78 is 5.15. The average Bonchev–Trinajstić information content (AvgIpc) is 2.98. The summed E-state index contributed by atoms with van der Waals surface area (Å²) in [4.78, 5) is 38.4. The Balaban J connectivity index is 1.39. The minimum atomic E-state index is -0.496. The lowest BCUT2D eigenvalue weighted by Crippen LogP contribution is -2.30. The van der Waals surface area contributed by atoms with Crippen molar-refractivity contribution in [3.8, 4) is 5.75 Å². The van der Waals surface area contributed by atoms with Crippen LogP contribution in [0.5, 0.6) is 5.75 Å². The molecule has 202 valence electrons. The van der Waals surface area contributed by atoms with Crippen LogP contribution in [-0.2, 0) is 22.6 Å². The molecule has 0 radical (unpaired) electrons. The lowest BCUT2D eigenvalue weighted by atomic mass is 10.1. The van der Waals surface area contributed by atoms with Crippen molar-refractivity contribution in [1.29, 1.82) is 0 Å². The predicted octanol–water partition coefficient (Wildman–Crippen LogP) is 5.62. The third kappa shape index (κ3) is 8.31. The highest BCUT2D eigenvalue weighted by atomic mass is 35.5. The maximum absolute atomic E-state index is 13.2. The molecule has 0 aliphatic carbocycles. The van der Waals surface area contributed by atoms with Crippen molar-refractivity contribution in [3.05, 3.63) is 136 Å². The van der Waals surface area contributed by atoms with Crippen LogP contribution in [0.1, 0.15) is 27.0 Å². The number of halogens is 1. The molecule has 3 N–H and O–H groups in total. The van der Waals surface area contributed by atoms with Gasteiger partial charge in [0, 0.05) is 22.8 Å². The highest BCUT2D eigenvalue weighted by Crippen LogP contribution is 2.16. The fourth-order valence-electron chi connectivity index (χ4n) is 3.76. The zero-order valence-electron chi connectivity index (χ0n) is 21.8. The number of carbonyl (C=O) groups is 3. The van der Waals surface area contributed by atoms with Gasteiger partial charge in [0.2, 0.25) is 5.91 Å². The summed E-state index contributed by atoms with van der Waals surface area (Å²) in [5, 5.41) is 8.97. The minimum Gasteiger partial charge on any atom is -0.497 e. The summed E-state index contributed by atoms with van der Waals surface area (Å²) in [6, 6.07) is 30.0. The molecule has 0 bridgehead atoms. The van der Waals surface area contributed by atoms with Gasteiger partial charge < -0.3 is 20.7 Å². The van der Waals surface area contributed by atoms with Gasteiger partial charge in [-0.25, -0.2) is 0 Å². The minimum absolute atomic E-state index is 0.0677. The van der Waals surface area contributed by atoms with Gasteiger partial charge in [-0.05, 0) is 71.3 Å². The van der Waals surface area contributed by atoms with E-state index in [2.05, 4.69) is 16.0 Å². The van der Waals surface area contributed by atoms with Crippen LogP contribution in [0.3, 0.4) is 0 Å². The fraction of sp³-hybridized carbons (Fsp3) is 0.0938. The van der Waals surface area contributed by atoms with E-state index in [9.17, 15) is 14.4 Å². The first-order chi connectivity index (χ1) is 19.4. The van der Waals surface area contributed by atoms with Crippen LogP contribution in [-0.4, -0.2) is 24.8 Å².